The molecule has 0 radical (unpaired) electrons. The molecule has 2 aromatic heterocycles. The smallest absolute Gasteiger partial charge is 0.265 e. The number of carbonyl (C=O) groups is 1. The number of anilines is 1. The number of nitrogens with one attached hydrogen (secondary N) is 1. The molecule has 4 N–H and O–H groups in total. The minimum atomic E-state index is -1.61. The number of benzene rings is 1. The highest BCUT2D eigenvalue weighted by Crippen LogP contribution is 2.18. The Bertz CT molecular complexity index is 1010. The molecule has 0 bridgehead atoms. The van der Waals surface area contributed by atoms with Crippen LogP contribution in [0, 0.1) is 0 Å². The van der Waals surface area contributed by atoms with Crippen LogP contribution in [0.1, 0.15) is 10.4 Å². The fourth-order valence-corrected chi connectivity index (χ4v) is 2.68. The monoisotopic (exact) mass is 362 g/mol. The third-order valence-corrected chi connectivity index (χ3v) is 4.23. The number of amides is 1. The molecule has 0 saturated heterocycles. The molecule has 0 aliphatic heterocycles. The van der Waals surface area contributed by atoms with Gasteiger partial charge in [-0.2, -0.15) is 0 Å². The van der Waals surface area contributed by atoms with Crippen molar-refractivity contribution in [1.82, 2.24) is 9.55 Å². The summed E-state index contributed by atoms with van der Waals surface area (Å²) in [6, 6.07) is 6.13. The number of nitrogens with two attached hydrogens (primary N) is 1. The SMILES string of the molecule is NS(=O)c1ccc(NC(=O)c2coc3ncn(CCO)c(=O)c23)cc1. The van der Waals surface area contributed by atoms with E-state index in [1.165, 1.54) is 23.0 Å². The highest BCUT2D eigenvalue weighted by molar-refractivity contribution is 7.82. The van der Waals surface area contributed by atoms with Gasteiger partial charge in [-0.05, 0) is 24.3 Å². The van der Waals surface area contributed by atoms with E-state index in [1.807, 2.05) is 0 Å². The molecule has 0 spiro atoms. The summed E-state index contributed by atoms with van der Waals surface area (Å²) in [5.41, 5.74) is 0.0319. The maximum Gasteiger partial charge on any atom is 0.265 e. The summed E-state index contributed by atoms with van der Waals surface area (Å²) in [6.45, 7) is -0.174. The topological polar surface area (TPSA) is 140 Å². The third-order valence-electron chi connectivity index (χ3n) is 3.49. The van der Waals surface area contributed by atoms with Crippen LogP contribution in [0.25, 0.3) is 11.1 Å². The normalized spacial score (nSPS) is 12.2. The van der Waals surface area contributed by atoms with Crippen LogP contribution in [0.15, 0.2) is 51.0 Å². The van der Waals surface area contributed by atoms with Crippen molar-refractivity contribution in [2.24, 2.45) is 5.14 Å². The van der Waals surface area contributed by atoms with E-state index < -0.39 is 22.5 Å². The molecule has 3 aromatic rings. The van der Waals surface area contributed by atoms with E-state index in [0.717, 1.165) is 6.26 Å². The van der Waals surface area contributed by atoms with Crippen LogP contribution in [0.4, 0.5) is 5.69 Å². The Kier molecular flexibility index (Phi) is 4.74. The molecule has 3 rings (SSSR count). The van der Waals surface area contributed by atoms with Crippen molar-refractivity contribution in [3.8, 4) is 0 Å². The van der Waals surface area contributed by atoms with Gasteiger partial charge in [0, 0.05) is 5.69 Å². The molecule has 0 fully saturated rings. The van der Waals surface area contributed by atoms with Crippen LogP contribution in [0.3, 0.4) is 0 Å². The average Bonchev–Trinajstić information content (AvgIpc) is 3.03. The van der Waals surface area contributed by atoms with Crippen molar-refractivity contribution in [1.29, 1.82) is 0 Å². The fourth-order valence-electron chi connectivity index (χ4n) is 2.27. The van der Waals surface area contributed by atoms with E-state index in [-0.39, 0.29) is 29.8 Å². The molecule has 0 aliphatic rings. The molecule has 2 heterocycles. The molecule has 1 amide bonds. The minimum Gasteiger partial charge on any atom is -0.445 e. The van der Waals surface area contributed by atoms with Gasteiger partial charge in [-0.1, -0.05) is 0 Å². The van der Waals surface area contributed by atoms with Gasteiger partial charge in [0.15, 0.2) is 0 Å². The second-order valence-corrected chi connectivity index (χ2v) is 6.14. The summed E-state index contributed by atoms with van der Waals surface area (Å²) in [6.07, 6.45) is 2.40. The molecular formula is C15H14N4O5S. The molecule has 9 nitrogen and oxygen atoms in total. The first kappa shape index (κ1) is 17.0. The molecule has 1 aromatic carbocycles. The van der Waals surface area contributed by atoms with Crippen LogP contribution >= 0.6 is 0 Å². The van der Waals surface area contributed by atoms with Crippen molar-refractivity contribution in [3.05, 3.63) is 52.8 Å². The second-order valence-electron chi connectivity index (χ2n) is 5.07. The zero-order valence-corrected chi connectivity index (χ0v) is 13.7. The lowest BCUT2D eigenvalue weighted by Gasteiger charge is -2.05. The van der Waals surface area contributed by atoms with Gasteiger partial charge in [-0.25, -0.2) is 14.3 Å². The summed E-state index contributed by atoms with van der Waals surface area (Å²) in [5.74, 6) is -0.555. The quantitative estimate of drug-likeness (QED) is 0.593. The number of fused-ring (bicyclic) bond motifs is 1. The Balaban J connectivity index is 1.93. The van der Waals surface area contributed by atoms with E-state index in [0.29, 0.717) is 10.6 Å². The molecule has 25 heavy (non-hydrogen) atoms. The van der Waals surface area contributed by atoms with Gasteiger partial charge in [0.25, 0.3) is 11.5 Å². The van der Waals surface area contributed by atoms with E-state index in [4.69, 9.17) is 14.7 Å². The molecule has 1 atom stereocenters. The van der Waals surface area contributed by atoms with Gasteiger partial charge in [-0.15, -0.1) is 0 Å². The number of nitrogens with zero attached hydrogens (tertiary/aromatic N) is 2. The number of aromatic nitrogens is 2. The summed E-state index contributed by atoms with van der Waals surface area (Å²) in [4.78, 5) is 29.2. The van der Waals surface area contributed by atoms with Gasteiger partial charge in [0.2, 0.25) is 5.71 Å². The minimum absolute atomic E-state index is 0.0336. The number of rotatable bonds is 5. The number of aliphatic hydroxyl groups excluding tert-OH is 1. The van der Waals surface area contributed by atoms with Crippen LogP contribution in [0.5, 0.6) is 0 Å². The summed E-state index contributed by atoms with van der Waals surface area (Å²) in [7, 11) is -1.61. The van der Waals surface area contributed by atoms with Gasteiger partial charge in [-0.3, -0.25) is 14.2 Å². The summed E-state index contributed by atoms with van der Waals surface area (Å²) >= 11 is 0. The molecule has 0 saturated carbocycles. The zero-order valence-electron chi connectivity index (χ0n) is 12.8. The van der Waals surface area contributed by atoms with E-state index >= 15 is 0 Å². The van der Waals surface area contributed by atoms with Crippen molar-refractivity contribution in [3.63, 3.8) is 0 Å². The van der Waals surface area contributed by atoms with Gasteiger partial charge in [0.05, 0.1) is 23.6 Å². The molecule has 130 valence electrons. The summed E-state index contributed by atoms with van der Waals surface area (Å²) in [5, 5.41) is 16.9. The lowest BCUT2D eigenvalue weighted by molar-refractivity contribution is 0.102. The molecular weight excluding hydrogens is 348 g/mol. The third kappa shape index (κ3) is 3.36. The first-order valence-corrected chi connectivity index (χ1v) is 8.37. The Labute approximate surface area is 143 Å². The predicted molar refractivity (Wildman–Crippen MR) is 90.3 cm³/mol. The van der Waals surface area contributed by atoms with Gasteiger partial charge >= 0.3 is 0 Å². The largest absolute Gasteiger partial charge is 0.445 e. The summed E-state index contributed by atoms with van der Waals surface area (Å²) < 4.78 is 17.5. The average molecular weight is 362 g/mol. The van der Waals surface area contributed by atoms with Gasteiger partial charge in [0.1, 0.15) is 29.0 Å². The standard InChI is InChI=1S/C15H14N4O5S/c16-25(23)10-3-1-9(2-4-10)18-13(21)11-7-24-14-12(11)15(22)19(5-6-20)8-17-14/h1-4,7-8,20H,5-6,16H2,(H,18,21). The van der Waals surface area contributed by atoms with Crippen LogP contribution in [-0.4, -0.2) is 31.4 Å². The Morgan fingerprint density at radius 3 is 2.72 bits per heavy atom. The van der Waals surface area contributed by atoms with Crippen LogP contribution < -0.4 is 16.0 Å². The Morgan fingerprint density at radius 1 is 1.36 bits per heavy atom. The number of hydrogen-bond acceptors (Lipinski definition) is 6. The van der Waals surface area contributed by atoms with Gasteiger partial charge < -0.3 is 14.8 Å². The number of carbonyl (C=O) groups excluding carboxylic acids is 1. The van der Waals surface area contributed by atoms with Crippen LogP contribution in [0.2, 0.25) is 0 Å². The van der Waals surface area contributed by atoms with E-state index in [1.54, 1.807) is 12.1 Å². The molecule has 1 unspecified atom stereocenters. The van der Waals surface area contributed by atoms with Crippen molar-refractivity contribution >= 4 is 33.7 Å². The van der Waals surface area contributed by atoms with Crippen molar-refractivity contribution in [2.45, 2.75) is 11.4 Å². The Hall–Kier alpha value is -2.82. The van der Waals surface area contributed by atoms with Crippen LogP contribution in [-0.2, 0) is 17.5 Å². The van der Waals surface area contributed by atoms with Crippen molar-refractivity contribution < 1.29 is 18.5 Å². The van der Waals surface area contributed by atoms with E-state index in [9.17, 15) is 13.8 Å². The maximum atomic E-state index is 12.4. The number of aliphatic hydroxyl groups is 1. The fraction of sp³-hybridized carbons (Fsp3) is 0.133. The van der Waals surface area contributed by atoms with Crippen molar-refractivity contribution in [2.75, 3.05) is 11.9 Å². The predicted octanol–water partition coefficient (Wildman–Crippen LogP) is 0.215. The molecule has 10 heteroatoms. The number of furan rings is 1. The Morgan fingerprint density at radius 2 is 2.08 bits per heavy atom. The van der Waals surface area contributed by atoms with E-state index in [2.05, 4.69) is 10.3 Å². The lowest BCUT2D eigenvalue weighted by Crippen LogP contribution is -2.23. The first-order chi connectivity index (χ1) is 12.0. The molecule has 0 aliphatic carbocycles. The highest BCUT2D eigenvalue weighted by Gasteiger charge is 2.19. The first-order valence-electron chi connectivity index (χ1n) is 7.16. The maximum absolute atomic E-state index is 12.4. The second kappa shape index (κ2) is 6.97. The number of hydrogen-bond donors (Lipinski definition) is 3. The lowest BCUT2D eigenvalue weighted by atomic mass is 10.2. The zero-order chi connectivity index (χ0) is 18.0. The highest BCUT2D eigenvalue weighted by atomic mass is 32.2.